The lowest BCUT2D eigenvalue weighted by molar-refractivity contribution is -0.139. The molecule has 0 amide bonds. The molecule has 18 nitrogen and oxygen atoms in total. The van der Waals surface area contributed by atoms with Gasteiger partial charge >= 0.3 is 35.8 Å². The quantitative estimate of drug-likeness (QED) is 0.0268. The number of rotatable bonds is 39. The van der Waals surface area contributed by atoms with Crippen LogP contribution < -0.4 is 14.7 Å². The van der Waals surface area contributed by atoms with Gasteiger partial charge in [-0.3, -0.25) is 0 Å². The average molecular weight is 967 g/mol. The molecule has 1 aromatic heterocycles. The highest BCUT2D eigenvalue weighted by Crippen LogP contribution is 2.23. The largest absolute Gasteiger partial charge is 0.462 e. The van der Waals surface area contributed by atoms with Crippen LogP contribution in [0, 0.1) is 0 Å². The topological polar surface area (TPSA) is 206 Å². The molecule has 0 aliphatic rings. The van der Waals surface area contributed by atoms with E-state index >= 15 is 0 Å². The first-order valence-corrected chi connectivity index (χ1v) is 23.7. The van der Waals surface area contributed by atoms with Crippen LogP contribution in [0.3, 0.4) is 0 Å². The van der Waals surface area contributed by atoms with Gasteiger partial charge in [-0.2, -0.15) is 15.0 Å². The number of nitrogens with zero attached hydrogens (tertiary/aromatic N) is 6. The first-order valence-electron chi connectivity index (χ1n) is 23.7. The van der Waals surface area contributed by atoms with E-state index in [9.17, 15) is 28.8 Å². The van der Waals surface area contributed by atoms with Crippen molar-refractivity contribution in [2.24, 2.45) is 0 Å². The highest BCUT2D eigenvalue weighted by molar-refractivity contribution is 5.88. The van der Waals surface area contributed by atoms with Crippen molar-refractivity contribution in [3.8, 4) is 0 Å². The number of hydrogen-bond acceptors (Lipinski definition) is 18. The number of carbonyl (C=O) groups excluding carboxylic acids is 6. The van der Waals surface area contributed by atoms with Gasteiger partial charge in [0.05, 0.1) is 39.6 Å². The van der Waals surface area contributed by atoms with Crippen LogP contribution in [0.25, 0.3) is 0 Å². The number of anilines is 3. The monoisotopic (exact) mass is 967 g/mol. The Morgan fingerprint density at radius 3 is 0.580 bits per heavy atom. The van der Waals surface area contributed by atoms with Crippen LogP contribution in [0.15, 0.2) is 72.9 Å². The molecule has 0 aromatic carbocycles. The number of ether oxygens (including phenoxy) is 6. The molecule has 0 saturated heterocycles. The molecule has 0 atom stereocenters. The van der Waals surface area contributed by atoms with E-state index in [1.165, 1.54) is 0 Å². The number of unbranched alkanes of at least 4 members (excludes halogenated alkanes) is 6. The molecule has 1 rings (SSSR count). The third-order valence-corrected chi connectivity index (χ3v) is 9.87. The van der Waals surface area contributed by atoms with Crippen molar-refractivity contribution in [3.05, 3.63) is 72.9 Å². The Labute approximate surface area is 409 Å². The van der Waals surface area contributed by atoms with Gasteiger partial charge in [0.2, 0.25) is 17.8 Å². The highest BCUT2D eigenvalue weighted by atomic mass is 16.6. The summed E-state index contributed by atoms with van der Waals surface area (Å²) >= 11 is 0. The number of esters is 6. The van der Waals surface area contributed by atoms with Crippen LogP contribution in [0.5, 0.6) is 0 Å². The summed E-state index contributed by atoms with van der Waals surface area (Å²) in [6.45, 7) is 35.5. The summed E-state index contributed by atoms with van der Waals surface area (Å²) < 4.78 is 32.2. The van der Waals surface area contributed by atoms with E-state index in [-0.39, 0.29) is 39.6 Å². The Hall–Kier alpha value is -6.33. The van der Waals surface area contributed by atoms with Crippen LogP contribution in [0.1, 0.15) is 119 Å². The second kappa shape index (κ2) is 34.9. The standard InChI is InChI=1S/C51H78N6O12/c1-37(2)43(58)64-31-19-13-25-55(26-14-20-32-65-44(59)38(3)4)49-52-50(56(27-15-21-33-66-45(60)39(5)6)28-16-22-34-67-46(61)40(7)8)54-51(53-49)57(29-17-23-35-68-47(62)41(9)10)30-18-24-36-69-48(63)42(11)12/h1,3,5,7,9,11,13-36H2,2,4,6,8,10,12H3. The maximum atomic E-state index is 12.1. The molecular formula is C51H78N6O12. The zero-order valence-electron chi connectivity index (χ0n) is 42.3. The molecule has 0 unspecified atom stereocenters. The van der Waals surface area contributed by atoms with Crippen molar-refractivity contribution in [2.75, 3.05) is 93.6 Å². The minimum Gasteiger partial charge on any atom is -0.462 e. The summed E-state index contributed by atoms with van der Waals surface area (Å²) in [6, 6.07) is 0. The molecule has 0 spiro atoms. The van der Waals surface area contributed by atoms with Crippen molar-refractivity contribution in [1.82, 2.24) is 15.0 Å². The third kappa shape index (κ3) is 27.3. The predicted molar refractivity (Wildman–Crippen MR) is 267 cm³/mol. The fourth-order valence-corrected chi connectivity index (χ4v) is 5.86. The summed E-state index contributed by atoms with van der Waals surface area (Å²) in [5.41, 5.74) is 1.86. The van der Waals surface area contributed by atoms with E-state index < -0.39 is 35.8 Å². The molecule has 0 bridgehead atoms. The second-order valence-corrected chi connectivity index (χ2v) is 16.9. The molecule has 1 aromatic rings. The lowest BCUT2D eigenvalue weighted by atomic mass is 10.2. The summed E-state index contributed by atoms with van der Waals surface area (Å²) in [4.78, 5) is 94.1. The lowest BCUT2D eigenvalue weighted by Gasteiger charge is -2.29. The Balaban J connectivity index is 3.81. The maximum Gasteiger partial charge on any atom is 0.333 e. The van der Waals surface area contributed by atoms with Crippen molar-refractivity contribution in [3.63, 3.8) is 0 Å². The second-order valence-electron chi connectivity index (χ2n) is 16.9. The molecular weight excluding hydrogens is 889 g/mol. The van der Waals surface area contributed by atoms with Gasteiger partial charge < -0.3 is 43.1 Å². The molecule has 0 N–H and O–H groups in total. The Morgan fingerprint density at radius 2 is 0.449 bits per heavy atom. The number of hydrogen-bond donors (Lipinski definition) is 0. The maximum absolute atomic E-state index is 12.1. The first-order chi connectivity index (χ1) is 32.7. The molecule has 384 valence electrons. The van der Waals surface area contributed by atoms with E-state index in [0.717, 1.165) is 0 Å². The fraction of sp³-hybridized carbons (Fsp3) is 0.588. The first kappa shape index (κ1) is 60.7. The number of aromatic nitrogens is 3. The predicted octanol–water partition coefficient (Wildman–Crippen LogP) is 7.69. The van der Waals surface area contributed by atoms with Gasteiger partial charge in [-0.1, -0.05) is 39.5 Å². The van der Waals surface area contributed by atoms with Gasteiger partial charge in [0.1, 0.15) is 0 Å². The Bertz CT molecular complexity index is 1600. The summed E-state index contributed by atoms with van der Waals surface area (Å²) in [6.07, 6.45) is 6.93. The smallest absolute Gasteiger partial charge is 0.333 e. The Kier molecular flexibility index (Phi) is 30.7. The number of carbonyl (C=O) groups is 6. The minimum atomic E-state index is -0.464. The van der Waals surface area contributed by atoms with E-state index in [1.807, 2.05) is 14.7 Å². The minimum absolute atomic E-state index is 0.193. The SMILES string of the molecule is C=C(C)C(=O)OCCCCN(CCCCOC(=O)C(=C)C)c1nc(N(CCCCOC(=O)C(=C)C)CCCCOC(=O)C(=C)C)nc(N(CCCCOC(=O)C(=C)C)CCCCOC(=O)C(=C)C)n1. The van der Waals surface area contributed by atoms with Crippen molar-refractivity contribution < 1.29 is 57.2 Å². The molecule has 0 aliphatic heterocycles. The van der Waals surface area contributed by atoms with Gasteiger partial charge in [0, 0.05) is 72.7 Å². The molecule has 0 radical (unpaired) electrons. The van der Waals surface area contributed by atoms with Crippen LogP contribution in [0.4, 0.5) is 17.8 Å². The van der Waals surface area contributed by atoms with Crippen LogP contribution in [-0.4, -0.2) is 130 Å². The zero-order valence-corrected chi connectivity index (χ0v) is 42.3. The fourth-order valence-electron chi connectivity index (χ4n) is 5.86. The van der Waals surface area contributed by atoms with E-state index in [2.05, 4.69) is 39.5 Å². The van der Waals surface area contributed by atoms with Crippen molar-refractivity contribution in [2.45, 2.75) is 119 Å². The summed E-state index contributed by atoms with van der Waals surface area (Å²) in [5, 5.41) is 0. The Morgan fingerprint density at radius 1 is 0.304 bits per heavy atom. The summed E-state index contributed by atoms with van der Waals surface area (Å²) in [7, 11) is 0. The van der Waals surface area contributed by atoms with Crippen molar-refractivity contribution >= 4 is 53.7 Å². The summed E-state index contributed by atoms with van der Waals surface area (Å²) in [5.74, 6) is -1.62. The zero-order chi connectivity index (χ0) is 51.7. The normalized spacial score (nSPS) is 10.5. The van der Waals surface area contributed by atoms with Crippen LogP contribution in [0.2, 0.25) is 0 Å². The van der Waals surface area contributed by atoms with Gasteiger partial charge in [-0.25, -0.2) is 28.8 Å². The average Bonchev–Trinajstić information content (AvgIpc) is 3.30. The highest BCUT2D eigenvalue weighted by Gasteiger charge is 2.22. The molecule has 0 saturated carbocycles. The molecule has 0 aliphatic carbocycles. The van der Waals surface area contributed by atoms with Crippen molar-refractivity contribution in [1.29, 1.82) is 0 Å². The van der Waals surface area contributed by atoms with E-state index in [4.69, 9.17) is 43.4 Å². The third-order valence-electron chi connectivity index (χ3n) is 9.87. The van der Waals surface area contributed by atoms with E-state index in [0.29, 0.717) is 168 Å². The van der Waals surface area contributed by atoms with Gasteiger partial charge in [0.25, 0.3) is 0 Å². The van der Waals surface area contributed by atoms with Gasteiger partial charge in [0.15, 0.2) is 0 Å². The lowest BCUT2D eigenvalue weighted by Crippen LogP contribution is -2.34. The van der Waals surface area contributed by atoms with Gasteiger partial charge in [-0.15, -0.1) is 0 Å². The van der Waals surface area contributed by atoms with Crippen LogP contribution in [-0.2, 0) is 57.2 Å². The molecule has 18 heteroatoms. The van der Waals surface area contributed by atoms with E-state index in [1.54, 1.807) is 41.5 Å². The van der Waals surface area contributed by atoms with Crippen LogP contribution >= 0.6 is 0 Å². The molecule has 69 heavy (non-hydrogen) atoms. The molecule has 1 heterocycles. The molecule has 0 fully saturated rings. The van der Waals surface area contributed by atoms with Gasteiger partial charge in [-0.05, 0) is 119 Å².